The third-order valence-electron chi connectivity index (χ3n) is 4.39. The van der Waals surface area contributed by atoms with Gasteiger partial charge in [-0.1, -0.05) is 0 Å². The zero-order valence-electron chi connectivity index (χ0n) is 13.3. The lowest BCUT2D eigenvalue weighted by Gasteiger charge is -2.37. The first kappa shape index (κ1) is 16.4. The molecule has 23 heavy (non-hydrogen) atoms. The fourth-order valence-corrected chi connectivity index (χ4v) is 4.48. The van der Waals surface area contributed by atoms with Crippen LogP contribution in [-0.2, 0) is 0 Å². The number of Topliss-reactive ketones (excluding diaryl/α,β-unsaturated/α-hetero) is 1. The molecule has 6 heteroatoms. The summed E-state index contributed by atoms with van der Waals surface area (Å²) in [5.41, 5.74) is 1.97. The van der Waals surface area contributed by atoms with E-state index >= 15 is 0 Å². The van der Waals surface area contributed by atoms with Gasteiger partial charge < -0.3 is 4.90 Å². The smallest absolute Gasteiger partial charge is 0.264 e. The van der Waals surface area contributed by atoms with E-state index in [2.05, 4.69) is 28.7 Å². The second-order valence-corrected chi connectivity index (χ2v) is 7.51. The van der Waals surface area contributed by atoms with E-state index in [1.54, 1.807) is 22.8 Å². The number of ketones is 1. The van der Waals surface area contributed by atoms with Gasteiger partial charge in [-0.25, -0.2) is 0 Å². The molecule has 0 spiro atoms. The molecule has 4 nitrogen and oxygen atoms in total. The van der Waals surface area contributed by atoms with Crippen LogP contribution in [0.5, 0.6) is 0 Å². The van der Waals surface area contributed by atoms with Gasteiger partial charge in [0.05, 0.1) is 4.88 Å². The Morgan fingerprint density at radius 2 is 1.91 bits per heavy atom. The molecule has 0 N–H and O–H groups in total. The molecule has 1 fully saturated rings. The highest BCUT2D eigenvalue weighted by molar-refractivity contribution is 7.12. The van der Waals surface area contributed by atoms with Gasteiger partial charge in [-0.3, -0.25) is 14.5 Å². The number of thiophene rings is 2. The van der Waals surface area contributed by atoms with Crippen LogP contribution in [0.2, 0.25) is 0 Å². The lowest BCUT2D eigenvalue weighted by atomic mass is 10.1. The van der Waals surface area contributed by atoms with Crippen molar-refractivity contribution in [1.29, 1.82) is 0 Å². The highest BCUT2D eigenvalue weighted by atomic mass is 32.1. The van der Waals surface area contributed by atoms with Crippen molar-refractivity contribution in [3.05, 3.63) is 44.3 Å². The summed E-state index contributed by atoms with van der Waals surface area (Å²) in [4.78, 5) is 28.9. The van der Waals surface area contributed by atoms with E-state index in [1.807, 2.05) is 4.90 Å². The molecule has 0 aliphatic carbocycles. The molecule has 1 atom stereocenters. The molecule has 3 heterocycles. The quantitative estimate of drug-likeness (QED) is 0.794. The van der Waals surface area contributed by atoms with Crippen molar-refractivity contribution < 1.29 is 9.59 Å². The molecule has 0 bridgehead atoms. The van der Waals surface area contributed by atoms with Crippen LogP contribution in [-0.4, -0.2) is 47.7 Å². The highest BCUT2D eigenvalue weighted by Gasteiger charge is 2.26. The minimum atomic E-state index is 0.00899. The van der Waals surface area contributed by atoms with E-state index in [4.69, 9.17) is 0 Å². The fraction of sp³-hybridized carbons (Fsp3) is 0.412. The van der Waals surface area contributed by atoms with Gasteiger partial charge in [-0.2, -0.15) is 11.3 Å². The molecule has 122 valence electrons. The number of amides is 1. The predicted molar refractivity (Wildman–Crippen MR) is 94.5 cm³/mol. The van der Waals surface area contributed by atoms with E-state index in [0.29, 0.717) is 16.5 Å². The summed E-state index contributed by atoms with van der Waals surface area (Å²) in [7, 11) is 0. The van der Waals surface area contributed by atoms with E-state index in [9.17, 15) is 9.59 Å². The predicted octanol–water partition coefficient (Wildman–Crippen LogP) is 3.53. The van der Waals surface area contributed by atoms with Crippen molar-refractivity contribution in [1.82, 2.24) is 9.80 Å². The van der Waals surface area contributed by atoms with Crippen LogP contribution in [0, 0.1) is 0 Å². The molecule has 0 unspecified atom stereocenters. The largest absolute Gasteiger partial charge is 0.335 e. The SMILES string of the molecule is CC(=O)c1csc(C(=O)N2CCN([C@@H](C)c3ccsc3)CC2)c1. The zero-order chi connectivity index (χ0) is 16.4. The van der Waals surface area contributed by atoms with Crippen LogP contribution in [0.15, 0.2) is 28.3 Å². The lowest BCUT2D eigenvalue weighted by molar-refractivity contribution is 0.0587. The van der Waals surface area contributed by atoms with Gasteiger partial charge in [0, 0.05) is 43.2 Å². The third kappa shape index (κ3) is 3.54. The number of nitrogens with zero attached hydrogens (tertiary/aromatic N) is 2. The number of carbonyl (C=O) groups is 2. The minimum Gasteiger partial charge on any atom is -0.335 e. The van der Waals surface area contributed by atoms with Gasteiger partial charge in [0.15, 0.2) is 5.78 Å². The Hall–Kier alpha value is -1.50. The molecule has 1 aliphatic rings. The molecule has 2 aromatic rings. The standard InChI is InChI=1S/C17H20N2O2S2/c1-12(14-3-8-22-10-14)18-4-6-19(7-5-18)17(21)16-9-15(11-23-16)13(2)20/h3,8-12H,4-7H2,1-2H3/t12-/m0/s1. The summed E-state index contributed by atoms with van der Waals surface area (Å²) in [6.07, 6.45) is 0. The van der Waals surface area contributed by atoms with Gasteiger partial charge in [-0.05, 0) is 42.3 Å². The van der Waals surface area contributed by atoms with Crippen LogP contribution >= 0.6 is 22.7 Å². The first-order valence-corrected chi connectivity index (χ1v) is 9.53. The molecule has 1 saturated heterocycles. The van der Waals surface area contributed by atoms with Gasteiger partial charge in [0.25, 0.3) is 5.91 Å². The first-order chi connectivity index (χ1) is 11.1. The van der Waals surface area contributed by atoms with E-state index in [0.717, 1.165) is 26.2 Å². The Morgan fingerprint density at radius 1 is 1.17 bits per heavy atom. The topological polar surface area (TPSA) is 40.6 Å². The van der Waals surface area contributed by atoms with Crippen LogP contribution in [0.3, 0.4) is 0 Å². The summed E-state index contributed by atoms with van der Waals surface area (Å²) in [6, 6.07) is 4.28. The van der Waals surface area contributed by atoms with Crippen LogP contribution in [0.4, 0.5) is 0 Å². The molecular formula is C17H20N2O2S2. The van der Waals surface area contributed by atoms with Crippen LogP contribution in [0.25, 0.3) is 0 Å². The average Bonchev–Trinajstić information content (AvgIpc) is 3.25. The van der Waals surface area contributed by atoms with Crippen molar-refractivity contribution in [3.8, 4) is 0 Å². The van der Waals surface area contributed by atoms with Gasteiger partial charge >= 0.3 is 0 Å². The molecule has 0 aromatic carbocycles. The number of piperazine rings is 1. The maximum atomic E-state index is 12.5. The first-order valence-electron chi connectivity index (χ1n) is 7.71. The Balaban J connectivity index is 1.59. The van der Waals surface area contributed by atoms with Crippen molar-refractivity contribution in [2.75, 3.05) is 26.2 Å². The summed E-state index contributed by atoms with van der Waals surface area (Å²) in [6.45, 7) is 6.99. The summed E-state index contributed by atoms with van der Waals surface area (Å²) >= 11 is 3.08. The van der Waals surface area contributed by atoms with Gasteiger partial charge in [-0.15, -0.1) is 11.3 Å². The number of carbonyl (C=O) groups excluding carboxylic acids is 2. The Kier molecular flexibility index (Phi) is 4.94. The van der Waals surface area contributed by atoms with Crippen LogP contribution in [0.1, 0.15) is 45.5 Å². The van der Waals surface area contributed by atoms with Crippen molar-refractivity contribution in [2.24, 2.45) is 0 Å². The Bertz CT molecular complexity index is 685. The van der Waals surface area contributed by atoms with Crippen molar-refractivity contribution in [2.45, 2.75) is 19.9 Å². The van der Waals surface area contributed by atoms with Gasteiger partial charge in [0.1, 0.15) is 0 Å². The number of hydrogen-bond acceptors (Lipinski definition) is 5. The minimum absolute atomic E-state index is 0.00899. The summed E-state index contributed by atoms with van der Waals surface area (Å²) < 4.78 is 0. The van der Waals surface area contributed by atoms with E-state index < -0.39 is 0 Å². The molecule has 0 saturated carbocycles. The van der Waals surface area contributed by atoms with E-state index in [1.165, 1.54) is 23.8 Å². The molecule has 2 aromatic heterocycles. The maximum absolute atomic E-state index is 12.5. The Labute approximate surface area is 144 Å². The third-order valence-corrected chi connectivity index (χ3v) is 6.01. The number of rotatable bonds is 4. The molecular weight excluding hydrogens is 328 g/mol. The second kappa shape index (κ2) is 6.95. The van der Waals surface area contributed by atoms with E-state index in [-0.39, 0.29) is 11.7 Å². The Morgan fingerprint density at radius 3 is 2.48 bits per heavy atom. The van der Waals surface area contributed by atoms with Crippen LogP contribution < -0.4 is 0 Å². The lowest BCUT2D eigenvalue weighted by Crippen LogP contribution is -2.49. The van der Waals surface area contributed by atoms with Crippen molar-refractivity contribution >= 4 is 34.4 Å². The monoisotopic (exact) mass is 348 g/mol. The van der Waals surface area contributed by atoms with Crippen molar-refractivity contribution in [3.63, 3.8) is 0 Å². The zero-order valence-corrected chi connectivity index (χ0v) is 15.0. The highest BCUT2D eigenvalue weighted by Crippen LogP contribution is 2.24. The normalized spacial score (nSPS) is 17.2. The molecule has 3 rings (SSSR count). The maximum Gasteiger partial charge on any atom is 0.264 e. The summed E-state index contributed by atoms with van der Waals surface area (Å²) in [5, 5.41) is 6.07. The molecule has 0 radical (unpaired) electrons. The molecule has 1 aliphatic heterocycles. The fourth-order valence-electron chi connectivity index (χ4n) is 2.82. The number of hydrogen-bond donors (Lipinski definition) is 0. The average molecular weight is 348 g/mol. The summed E-state index contributed by atoms with van der Waals surface area (Å²) in [5.74, 6) is 0.0556. The van der Waals surface area contributed by atoms with Gasteiger partial charge in [0.2, 0.25) is 0 Å². The molecule has 1 amide bonds. The second-order valence-electron chi connectivity index (χ2n) is 5.82.